The highest BCUT2D eigenvalue weighted by atomic mass is 32.2. The first-order chi connectivity index (χ1) is 9.97. The number of halogens is 1. The Labute approximate surface area is 123 Å². The number of aryl methyl sites for hydroxylation is 1. The quantitative estimate of drug-likeness (QED) is 0.826. The molecule has 3 rings (SSSR count). The topological polar surface area (TPSA) is 55.8 Å². The van der Waals surface area contributed by atoms with Crippen molar-refractivity contribution in [2.45, 2.75) is 23.8 Å². The van der Waals surface area contributed by atoms with E-state index in [0.29, 0.717) is 38.4 Å². The molecule has 0 unspecified atom stereocenters. The van der Waals surface area contributed by atoms with Crippen molar-refractivity contribution in [2.24, 2.45) is 0 Å². The van der Waals surface area contributed by atoms with Crippen LogP contribution in [0.3, 0.4) is 0 Å². The summed E-state index contributed by atoms with van der Waals surface area (Å²) in [7, 11) is -3.91. The zero-order valence-corrected chi connectivity index (χ0v) is 12.7. The van der Waals surface area contributed by atoms with E-state index in [1.54, 1.807) is 19.1 Å². The second-order valence-corrected chi connectivity index (χ2v) is 7.37. The van der Waals surface area contributed by atoms with Crippen LogP contribution in [0.15, 0.2) is 23.1 Å². The van der Waals surface area contributed by atoms with Crippen LogP contribution in [0.5, 0.6) is 0 Å². The van der Waals surface area contributed by atoms with Gasteiger partial charge in [-0.05, 0) is 25.0 Å². The summed E-state index contributed by atoms with van der Waals surface area (Å²) < 4.78 is 52.2. The third kappa shape index (κ3) is 2.38. The van der Waals surface area contributed by atoms with E-state index in [1.807, 2.05) is 0 Å². The van der Waals surface area contributed by atoms with Crippen LogP contribution in [-0.2, 0) is 19.5 Å². The molecule has 21 heavy (non-hydrogen) atoms. The van der Waals surface area contributed by atoms with Crippen molar-refractivity contribution < 1.29 is 22.3 Å². The maximum atomic E-state index is 14.3. The van der Waals surface area contributed by atoms with E-state index < -0.39 is 21.4 Å². The van der Waals surface area contributed by atoms with Gasteiger partial charge in [-0.25, -0.2) is 12.8 Å². The molecule has 0 aliphatic carbocycles. The lowest BCUT2D eigenvalue weighted by Gasteiger charge is -2.42. The number of ether oxygens (including phenoxy) is 2. The van der Waals surface area contributed by atoms with Crippen molar-refractivity contribution in [1.82, 2.24) is 4.31 Å². The summed E-state index contributed by atoms with van der Waals surface area (Å²) in [5, 5.41) is 0. The minimum Gasteiger partial charge on any atom is -0.379 e. The Bertz CT molecular complexity index is 640. The van der Waals surface area contributed by atoms with Crippen LogP contribution in [-0.4, -0.2) is 51.2 Å². The van der Waals surface area contributed by atoms with Gasteiger partial charge in [0, 0.05) is 13.2 Å². The Morgan fingerprint density at radius 2 is 1.95 bits per heavy atom. The van der Waals surface area contributed by atoms with Crippen LogP contribution in [0, 0.1) is 12.7 Å². The number of hydrogen-bond acceptors (Lipinski definition) is 4. The van der Waals surface area contributed by atoms with Gasteiger partial charge in [-0.15, -0.1) is 0 Å². The van der Waals surface area contributed by atoms with Crippen molar-refractivity contribution in [3.8, 4) is 0 Å². The fraction of sp³-hybridized carbons (Fsp3) is 0.571. The van der Waals surface area contributed by atoms with Gasteiger partial charge in [0.15, 0.2) is 0 Å². The second-order valence-electron chi connectivity index (χ2n) is 5.54. The van der Waals surface area contributed by atoms with Gasteiger partial charge in [0.05, 0.1) is 25.4 Å². The molecular formula is C14H18FNO4S. The van der Waals surface area contributed by atoms with Crippen LogP contribution in [0.1, 0.15) is 12.0 Å². The van der Waals surface area contributed by atoms with Gasteiger partial charge in [0.25, 0.3) is 0 Å². The molecule has 116 valence electrons. The summed E-state index contributed by atoms with van der Waals surface area (Å²) in [5.74, 6) is -0.682. The van der Waals surface area contributed by atoms with Crippen LogP contribution < -0.4 is 0 Å². The highest BCUT2D eigenvalue weighted by molar-refractivity contribution is 7.89. The normalized spacial score (nSPS) is 27.3. The Morgan fingerprint density at radius 3 is 2.62 bits per heavy atom. The van der Waals surface area contributed by atoms with E-state index in [2.05, 4.69) is 0 Å². The largest absolute Gasteiger partial charge is 0.379 e. The van der Waals surface area contributed by atoms with Crippen LogP contribution >= 0.6 is 0 Å². The number of rotatable bonds is 2. The first kappa shape index (κ1) is 14.9. The summed E-state index contributed by atoms with van der Waals surface area (Å²) in [6.07, 6.45) is 0.569. The standard InChI is InChI=1S/C14H18FNO4S/c1-11-3-2-4-12(13(11)15)21(17,18)16-6-8-20-10-14(16)5-7-19-9-14/h2-4H,5-10H2,1H3/t14-/m0/s1. The van der Waals surface area contributed by atoms with Gasteiger partial charge in [0.2, 0.25) is 10.0 Å². The number of sulfonamides is 1. The molecule has 2 fully saturated rings. The third-order valence-electron chi connectivity index (χ3n) is 4.15. The van der Waals surface area contributed by atoms with Crippen LogP contribution in [0.25, 0.3) is 0 Å². The van der Waals surface area contributed by atoms with Crippen molar-refractivity contribution in [3.63, 3.8) is 0 Å². The van der Waals surface area contributed by atoms with E-state index in [-0.39, 0.29) is 11.4 Å². The fourth-order valence-corrected chi connectivity index (χ4v) is 4.84. The molecule has 1 atom stereocenters. The lowest BCUT2D eigenvalue weighted by Crippen LogP contribution is -2.59. The molecule has 0 bridgehead atoms. The van der Waals surface area contributed by atoms with E-state index in [4.69, 9.17) is 9.47 Å². The van der Waals surface area contributed by atoms with E-state index in [1.165, 1.54) is 10.4 Å². The Morgan fingerprint density at radius 1 is 1.24 bits per heavy atom. The average molecular weight is 315 g/mol. The SMILES string of the molecule is Cc1cccc(S(=O)(=O)N2CCOC[C@@]23CCOC3)c1F. The third-order valence-corrected chi connectivity index (χ3v) is 6.17. The van der Waals surface area contributed by atoms with Gasteiger partial charge in [-0.2, -0.15) is 4.31 Å². The van der Waals surface area contributed by atoms with E-state index in [9.17, 15) is 12.8 Å². The molecule has 5 nitrogen and oxygen atoms in total. The smallest absolute Gasteiger partial charge is 0.246 e. The predicted molar refractivity (Wildman–Crippen MR) is 74.0 cm³/mol. The molecule has 0 aromatic heterocycles. The molecule has 1 spiro atoms. The minimum absolute atomic E-state index is 0.221. The summed E-state index contributed by atoms with van der Waals surface area (Å²) >= 11 is 0. The Balaban J connectivity index is 2.06. The Kier molecular flexibility index (Phi) is 3.77. The first-order valence-corrected chi connectivity index (χ1v) is 8.35. The monoisotopic (exact) mass is 315 g/mol. The van der Waals surface area contributed by atoms with E-state index >= 15 is 0 Å². The van der Waals surface area contributed by atoms with Gasteiger partial charge in [-0.3, -0.25) is 0 Å². The fourth-order valence-electron chi connectivity index (χ4n) is 2.94. The Hall–Kier alpha value is -1.02. The van der Waals surface area contributed by atoms with Gasteiger partial charge in [0.1, 0.15) is 10.7 Å². The maximum absolute atomic E-state index is 14.3. The molecule has 1 aromatic carbocycles. The summed E-state index contributed by atoms with van der Waals surface area (Å²) in [6, 6.07) is 4.43. The molecule has 0 amide bonds. The summed E-state index contributed by atoms with van der Waals surface area (Å²) in [4.78, 5) is -0.268. The lowest BCUT2D eigenvalue weighted by atomic mass is 9.99. The van der Waals surface area contributed by atoms with Crippen LogP contribution in [0.4, 0.5) is 4.39 Å². The van der Waals surface area contributed by atoms with Crippen molar-refractivity contribution in [2.75, 3.05) is 33.0 Å². The molecule has 0 saturated carbocycles. The molecule has 2 aliphatic heterocycles. The molecule has 2 heterocycles. The number of benzene rings is 1. The minimum atomic E-state index is -3.91. The number of morpholine rings is 1. The van der Waals surface area contributed by atoms with Crippen molar-refractivity contribution in [3.05, 3.63) is 29.6 Å². The molecule has 2 saturated heterocycles. The van der Waals surface area contributed by atoms with Gasteiger partial charge in [-0.1, -0.05) is 12.1 Å². The zero-order chi connectivity index (χ0) is 15.1. The van der Waals surface area contributed by atoms with Crippen molar-refractivity contribution >= 4 is 10.0 Å². The first-order valence-electron chi connectivity index (χ1n) is 6.91. The molecule has 0 radical (unpaired) electrons. The number of nitrogens with zero attached hydrogens (tertiary/aromatic N) is 1. The lowest BCUT2D eigenvalue weighted by molar-refractivity contribution is -0.0293. The summed E-state index contributed by atoms with van der Waals surface area (Å²) in [5.41, 5.74) is -0.381. The zero-order valence-electron chi connectivity index (χ0n) is 11.8. The summed E-state index contributed by atoms with van der Waals surface area (Å²) in [6.45, 7) is 3.17. The van der Waals surface area contributed by atoms with E-state index in [0.717, 1.165) is 0 Å². The molecule has 1 aromatic rings. The molecule has 0 N–H and O–H groups in total. The van der Waals surface area contributed by atoms with Gasteiger partial charge < -0.3 is 9.47 Å². The second kappa shape index (κ2) is 5.31. The highest BCUT2D eigenvalue weighted by Gasteiger charge is 2.49. The van der Waals surface area contributed by atoms with Crippen LogP contribution in [0.2, 0.25) is 0 Å². The predicted octanol–water partition coefficient (Wildman–Crippen LogP) is 1.31. The molecule has 2 aliphatic rings. The van der Waals surface area contributed by atoms with Gasteiger partial charge >= 0.3 is 0 Å². The highest BCUT2D eigenvalue weighted by Crippen LogP contribution is 2.35. The molecule has 7 heteroatoms. The van der Waals surface area contributed by atoms with Crippen molar-refractivity contribution in [1.29, 1.82) is 0 Å². The maximum Gasteiger partial charge on any atom is 0.246 e. The molecular weight excluding hydrogens is 297 g/mol. The average Bonchev–Trinajstić information content (AvgIpc) is 2.90. The number of hydrogen-bond donors (Lipinski definition) is 0.